The van der Waals surface area contributed by atoms with E-state index in [2.05, 4.69) is 14.7 Å². The van der Waals surface area contributed by atoms with Crippen LogP contribution in [0.5, 0.6) is 0 Å². The molecule has 2 heterocycles. The highest BCUT2D eigenvalue weighted by Gasteiger charge is 2.31. The Morgan fingerprint density at radius 1 is 1.10 bits per heavy atom. The van der Waals surface area contributed by atoms with Crippen molar-refractivity contribution in [2.75, 3.05) is 6.61 Å². The summed E-state index contributed by atoms with van der Waals surface area (Å²) in [5, 5.41) is 0.749. The number of carbonyl (C=O) groups excluding carboxylic acids is 2. The van der Waals surface area contributed by atoms with Crippen LogP contribution in [0.1, 0.15) is 22.8 Å². The molecule has 1 aromatic heterocycles. The van der Waals surface area contributed by atoms with Crippen molar-refractivity contribution in [3.05, 3.63) is 65.9 Å². The summed E-state index contributed by atoms with van der Waals surface area (Å²) < 4.78 is 31.7. The van der Waals surface area contributed by atoms with Gasteiger partial charge in [-0.25, -0.2) is 13.2 Å². The van der Waals surface area contributed by atoms with E-state index in [-0.39, 0.29) is 16.5 Å². The summed E-state index contributed by atoms with van der Waals surface area (Å²) in [5.41, 5.74) is 1.64. The molecular weight excluding hydrogens is 394 g/mol. The van der Waals surface area contributed by atoms with Gasteiger partial charge in [0.05, 0.1) is 4.90 Å². The minimum absolute atomic E-state index is 0.0769. The zero-order chi connectivity index (χ0) is 20.6. The van der Waals surface area contributed by atoms with Crippen molar-refractivity contribution in [1.29, 1.82) is 0 Å². The number of amidine groups is 1. The number of rotatable bonds is 5. The fourth-order valence-electron chi connectivity index (χ4n) is 3.11. The maximum Gasteiger partial charge on any atom is 0.331 e. The van der Waals surface area contributed by atoms with Crippen molar-refractivity contribution in [3.63, 3.8) is 0 Å². The number of nitrogens with zero attached hydrogens (tertiary/aromatic N) is 1. The lowest BCUT2D eigenvalue weighted by molar-refractivity contribution is -0.143. The molecule has 29 heavy (non-hydrogen) atoms. The smallest absolute Gasteiger partial charge is 0.331 e. The van der Waals surface area contributed by atoms with Gasteiger partial charge in [0, 0.05) is 28.2 Å². The Hall–Kier alpha value is -3.46. The molecule has 0 unspecified atom stereocenters. The second-order valence-corrected chi connectivity index (χ2v) is 8.18. The lowest BCUT2D eigenvalue weighted by atomic mass is 10.1. The van der Waals surface area contributed by atoms with Crippen molar-refractivity contribution in [1.82, 2.24) is 9.71 Å². The average Bonchev–Trinajstić information content (AvgIpc) is 3.25. The number of benzene rings is 2. The normalized spacial score (nSPS) is 16.9. The third-order valence-corrected chi connectivity index (χ3v) is 5.96. The third-order valence-electron chi connectivity index (χ3n) is 4.56. The van der Waals surface area contributed by atoms with E-state index in [1.165, 1.54) is 13.0 Å². The number of hydrogen-bond donors (Lipinski definition) is 2. The highest BCUT2D eigenvalue weighted by atomic mass is 32.2. The van der Waals surface area contributed by atoms with Gasteiger partial charge < -0.3 is 9.72 Å². The topological polar surface area (TPSA) is 118 Å². The number of fused-ring (bicyclic) bond motifs is 2. The Morgan fingerprint density at radius 2 is 1.83 bits per heavy atom. The van der Waals surface area contributed by atoms with E-state index >= 15 is 0 Å². The van der Waals surface area contributed by atoms with Crippen LogP contribution in [0.4, 0.5) is 0 Å². The van der Waals surface area contributed by atoms with E-state index in [1.54, 1.807) is 30.5 Å². The number of ketones is 1. The molecule has 1 aliphatic heterocycles. The fourth-order valence-corrected chi connectivity index (χ4v) is 4.35. The molecule has 0 radical (unpaired) electrons. The molecule has 9 heteroatoms. The standard InChI is InChI=1S/C20H17N3O5S/c1-12(22-19-14-7-3-5-9-18(14)29(26,27)23-19)20(25)28-11-17(24)15-10-21-16-8-4-2-6-13(15)16/h2-10,12,21H,11H2,1H3,(H,22,23)/t12-/m1/s1. The number of esters is 1. The SMILES string of the molecule is C[C@@H](N=C1NS(=O)(=O)c2ccccc21)C(=O)OCC(=O)c1c[nH]c2ccccc12. The molecule has 148 valence electrons. The van der Waals surface area contributed by atoms with E-state index in [9.17, 15) is 18.0 Å². The van der Waals surface area contributed by atoms with Crippen LogP contribution < -0.4 is 4.72 Å². The lowest BCUT2D eigenvalue weighted by Crippen LogP contribution is -2.27. The van der Waals surface area contributed by atoms with Crippen LogP contribution in [0.3, 0.4) is 0 Å². The monoisotopic (exact) mass is 411 g/mol. The second-order valence-electron chi connectivity index (χ2n) is 6.53. The summed E-state index contributed by atoms with van der Waals surface area (Å²) in [7, 11) is -3.69. The van der Waals surface area contributed by atoms with Crippen LogP contribution in [0, 0.1) is 0 Å². The van der Waals surface area contributed by atoms with E-state index < -0.39 is 28.6 Å². The molecule has 2 N–H and O–H groups in total. The quantitative estimate of drug-likeness (QED) is 0.492. The first-order valence-corrected chi connectivity index (χ1v) is 10.3. The number of nitrogens with one attached hydrogen (secondary N) is 2. The van der Waals surface area contributed by atoms with Gasteiger partial charge in [-0.05, 0) is 25.1 Å². The molecule has 0 saturated carbocycles. The molecule has 8 nitrogen and oxygen atoms in total. The molecule has 0 amide bonds. The van der Waals surface area contributed by atoms with E-state index in [4.69, 9.17) is 4.74 Å². The van der Waals surface area contributed by atoms with E-state index in [0.717, 1.165) is 10.9 Å². The maximum absolute atomic E-state index is 12.4. The number of sulfonamides is 1. The van der Waals surface area contributed by atoms with Crippen molar-refractivity contribution in [2.45, 2.75) is 17.9 Å². The molecule has 0 bridgehead atoms. The highest BCUT2D eigenvalue weighted by molar-refractivity contribution is 7.90. The first-order chi connectivity index (χ1) is 13.9. The second kappa shape index (κ2) is 7.17. The van der Waals surface area contributed by atoms with Crippen molar-refractivity contribution < 1.29 is 22.7 Å². The van der Waals surface area contributed by atoms with Gasteiger partial charge in [0.15, 0.2) is 6.61 Å². The van der Waals surface area contributed by atoms with Gasteiger partial charge in [-0.1, -0.05) is 30.3 Å². The molecule has 2 aromatic carbocycles. The largest absolute Gasteiger partial charge is 0.456 e. The zero-order valence-corrected chi connectivity index (χ0v) is 16.2. The van der Waals surface area contributed by atoms with Gasteiger partial charge in [0.2, 0.25) is 5.78 Å². The van der Waals surface area contributed by atoms with Crippen molar-refractivity contribution in [2.24, 2.45) is 4.99 Å². The van der Waals surface area contributed by atoms with Crippen molar-refractivity contribution in [3.8, 4) is 0 Å². The molecule has 1 aliphatic rings. The number of carbonyl (C=O) groups is 2. The maximum atomic E-state index is 12.4. The number of aromatic nitrogens is 1. The minimum Gasteiger partial charge on any atom is -0.456 e. The summed E-state index contributed by atoms with van der Waals surface area (Å²) >= 11 is 0. The lowest BCUT2D eigenvalue weighted by Gasteiger charge is -2.08. The molecule has 0 aliphatic carbocycles. The summed E-state index contributed by atoms with van der Waals surface area (Å²) in [5.74, 6) is -0.996. The number of H-pyrrole nitrogens is 1. The molecule has 0 fully saturated rings. The number of para-hydroxylation sites is 1. The Kier molecular flexibility index (Phi) is 4.67. The number of aromatic amines is 1. The van der Waals surface area contributed by atoms with Crippen LogP contribution in [-0.2, 0) is 19.6 Å². The fraction of sp³-hybridized carbons (Fsp3) is 0.150. The van der Waals surface area contributed by atoms with Crippen LogP contribution in [0.2, 0.25) is 0 Å². The number of ether oxygens (including phenoxy) is 1. The number of hydrogen-bond acceptors (Lipinski definition) is 6. The predicted octanol–water partition coefficient (Wildman–Crippen LogP) is 2.02. The summed E-state index contributed by atoms with van der Waals surface area (Å²) in [4.78, 5) is 31.9. The zero-order valence-electron chi connectivity index (χ0n) is 15.4. The third kappa shape index (κ3) is 3.52. The average molecular weight is 411 g/mol. The molecule has 4 rings (SSSR count). The molecule has 0 saturated heterocycles. The summed E-state index contributed by atoms with van der Waals surface area (Å²) in [6, 6.07) is 12.7. The first kappa shape index (κ1) is 18.9. The Morgan fingerprint density at radius 3 is 2.66 bits per heavy atom. The van der Waals surface area contributed by atoms with Gasteiger partial charge in [-0.2, -0.15) is 0 Å². The van der Waals surface area contributed by atoms with Crippen LogP contribution >= 0.6 is 0 Å². The van der Waals surface area contributed by atoms with Gasteiger partial charge in [0.25, 0.3) is 10.0 Å². The molecular formula is C20H17N3O5S. The van der Waals surface area contributed by atoms with Crippen LogP contribution in [-0.4, -0.2) is 43.6 Å². The minimum atomic E-state index is -3.69. The summed E-state index contributed by atoms with van der Waals surface area (Å²) in [6.45, 7) is 1.04. The van der Waals surface area contributed by atoms with Gasteiger partial charge in [0.1, 0.15) is 11.9 Å². The Labute approximate surface area is 166 Å². The number of Topliss-reactive ketones (excluding diaryl/α,β-unsaturated/α-hetero) is 1. The Bertz CT molecular complexity index is 1260. The van der Waals surface area contributed by atoms with Gasteiger partial charge >= 0.3 is 5.97 Å². The molecule has 1 atom stereocenters. The van der Waals surface area contributed by atoms with E-state index in [0.29, 0.717) is 11.1 Å². The predicted molar refractivity (Wildman–Crippen MR) is 106 cm³/mol. The van der Waals surface area contributed by atoms with Gasteiger partial charge in [-0.15, -0.1) is 0 Å². The van der Waals surface area contributed by atoms with Crippen LogP contribution in [0.15, 0.2) is 64.6 Å². The Balaban J connectivity index is 1.45. The van der Waals surface area contributed by atoms with Crippen LogP contribution in [0.25, 0.3) is 10.9 Å². The van der Waals surface area contributed by atoms with Gasteiger partial charge in [-0.3, -0.25) is 14.5 Å². The first-order valence-electron chi connectivity index (χ1n) is 8.83. The molecule has 0 spiro atoms. The van der Waals surface area contributed by atoms with Crippen molar-refractivity contribution >= 4 is 38.5 Å². The number of aliphatic imine (C=N–C) groups is 1. The highest BCUT2D eigenvalue weighted by Crippen LogP contribution is 2.23. The summed E-state index contributed by atoms with van der Waals surface area (Å²) in [6.07, 6.45) is 1.58. The molecule has 3 aromatic rings. The van der Waals surface area contributed by atoms with E-state index in [1.807, 2.05) is 18.2 Å².